The van der Waals surface area contributed by atoms with Gasteiger partial charge in [-0.15, -0.1) is 11.3 Å². The smallest absolute Gasteiger partial charge is 0.346 e. The van der Waals surface area contributed by atoms with E-state index in [0.29, 0.717) is 13.2 Å². The second-order valence-corrected chi connectivity index (χ2v) is 6.67. The Morgan fingerprint density at radius 3 is 2.88 bits per heavy atom. The lowest BCUT2D eigenvalue weighted by atomic mass is 9.84. The molecule has 2 aromatic rings. The number of amides is 1. The third-order valence-electron chi connectivity index (χ3n) is 4.47. The Kier molecular flexibility index (Phi) is 4.69. The average Bonchev–Trinajstić information content (AvgIpc) is 3.10. The molecule has 3 rings (SSSR count). The maximum absolute atomic E-state index is 12.4. The van der Waals surface area contributed by atoms with Crippen LogP contribution in [0.4, 0.5) is 0 Å². The quantitative estimate of drug-likeness (QED) is 0.873. The molecule has 1 aromatic carbocycles. The van der Waals surface area contributed by atoms with Gasteiger partial charge in [-0.25, -0.2) is 4.79 Å². The predicted octanol–water partition coefficient (Wildman–Crippen LogP) is 3.05. The zero-order valence-corrected chi connectivity index (χ0v) is 14.2. The van der Waals surface area contributed by atoms with Gasteiger partial charge in [0.15, 0.2) is 0 Å². The van der Waals surface area contributed by atoms with Crippen LogP contribution in [0.1, 0.15) is 44.5 Å². The van der Waals surface area contributed by atoms with Crippen LogP contribution in [0.15, 0.2) is 35.7 Å². The predicted molar refractivity (Wildman–Crippen MR) is 91.7 cm³/mol. The number of carboxylic acids is 1. The van der Waals surface area contributed by atoms with Crippen molar-refractivity contribution in [3.8, 4) is 0 Å². The van der Waals surface area contributed by atoms with Crippen LogP contribution < -0.4 is 5.32 Å². The number of fused-ring (bicyclic) bond motifs is 1. The highest BCUT2D eigenvalue weighted by atomic mass is 32.1. The summed E-state index contributed by atoms with van der Waals surface area (Å²) in [6.07, 6.45) is 1.58. The first-order valence-corrected chi connectivity index (χ1v) is 8.76. The molecule has 0 bridgehead atoms. The molecule has 1 aliphatic heterocycles. The number of rotatable bonds is 5. The number of thiophene rings is 1. The molecule has 1 aromatic heterocycles. The lowest BCUT2D eigenvalue weighted by Gasteiger charge is -2.38. The van der Waals surface area contributed by atoms with E-state index in [2.05, 4.69) is 11.4 Å². The van der Waals surface area contributed by atoms with E-state index >= 15 is 0 Å². The third-order valence-corrected chi connectivity index (χ3v) is 5.37. The first-order valence-electron chi connectivity index (χ1n) is 7.89. The van der Waals surface area contributed by atoms with Crippen molar-refractivity contribution in [1.82, 2.24) is 5.32 Å². The molecule has 0 fully saturated rings. The fourth-order valence-electron chi connectivity index (χ4n) is 3.15. The molecule has 2 heterocycles. The van der Waals surface area contributed by atoms with Crippen molar-refractivity contribution in [3.63, 3.8) is 0 Å². The molecule has 6 heteroatoms. The van der Waals surface area contributed by atoms with E-state index in [4.69, 9.17) is 9.84 Å². The Morgan fingerprint density at radius 1 is 1.33 bits per heavy atom. The Labute approximate surface area is 144 Å². The fraction of sp³-hybridized carbons (Fsp3) is 0.333. The van der Waals surface area contributed by atoms with Crippen molar-refractivity contribution in [1.29, 1.82) is 0 Å². The molecule has 5 nitrogen and oxygen atoms in total. The van der Waals surface area contributed by atoms with Gasteiger partial charge in [0.05, 0.1) is 18.7 Å². The summed E-state index contributed by atoms with van der Waals surface area (Å²) in [7, 11) is 0. The van der Waals surface area contributed by atoms with Crippen LogP contribution in [0.2, 0.25) is 0 Å². The monoisotopic (exact) mass is 345 g/mol. The van der Waals surface area contributed by atoms with E-state index < -0.39 is 11.6 Å². The van der Waals surface area contributed by atoms with Gasteiger partial charge in [-0.1, -0.05) is 31.2 Å². The minimum Gasteiger partial charge on any atom is -0.477 e. The number of hydrogen-bond acceptors (Lipinski definition) is 4. The maximum atomic E-state index is 12.4. The molecular weight excluding hydrogens is 326 g/mol. The SMILES string of the molecule is CCC1(CNC(=O)c2ccsc2C(=O)O)OCCc2ccccc21. The van der Waals surface area contributed by atoms with E-state index in [0.717, 1.165) is 29.7 Å². The molecule has 1 unspecified atom stereocenters. The number of benzene rings is 1. The third kappa shape index (κ3) is 2.95. The van der Waals surface area contributed by atoms with E-state index in [-0.39, 0.29) is 16.3 Å². The molecular formula is C18H19NO4S. The molecule has 1 aliphatic rings. The fourth-order valence-corrected chi connectivity index (χ4v) is 3.88. The Bertz CT molecular complexity index is 770. The van der Waals surface area contributed by atoms with Crippen LogP contribution >= 0.6 is 11.3 Å². The van der Waals surface area contributed by atoms with Crippen LogP contribution in [-0.2, 0) is 16.8 Å². The van der Waals surface area contributed by atoms with Gasteiger partial charge < -0.3 is 15.2 Å². The number of carbonyl (C=O) groups is 2. The van der Waals surface area contributed by atoms with Crippen molar-refractivity contribution < 1.29 is 19.4 Å². The summed E-state index contributed by atoms with van der Waals surface area (Å²) in [6, 6.07) is 9.65. The number of nitrogens with one attached hydrogen (secondary N) is 1. The molecule has 0 spiro atoms. The van der Waals surface area contributed by atoms with Gasteiger partial charge in [0, 0.05) is 0 Å². The van der Waals surface area contributed by atoms with Crippen molar-refractivity contribution >= 4 is 23.2 Å². The summed E-state index contributed by atoms with van der Waals surface area (Å²) in [6.45, 7) is 2.95. The molecule has 0 saturated heterocycles. The van der Waals surface area contributed by atoms with E-state index in [9.17, 15) is 9.59 Å². The van der Waals surface area contributed by atoms with Crippen molar-refractivity contribution in [2.45, 2.75) is 25.4 Å². The molecule has 126 valence electrons. The Morgan fingerprint density at radius 2 is 2.12 bits per heavy atom. The number of carboxylic acid groups (broad SMARTS) is 1. The van der Waals surface area contributed by atoms with E-state index in [1.165, 1.54) is 11.6 Å². The standard InChI is InChI=1S/C18H19NO4S/c1-2-18(14-6-4-3-5-12(14)7-9-23-18)11-19-16(20)13-8-10-24-15(13)17(21)22/h3-6,8,10H,2,7,9,11H2,1H3,(H,19,20)(H,21,22). The molecule has 24 heavy (non-hydrogen) atoms. The second-order valence-electron chi connectivity index (χ2n) is 5.75. The summed E-state index contributed by atoms with van der Waals surface area (Å²) < 4.78 is 6.06. The van der Waals surface area contributed by atoms with E-state index in [1.807, 2.05) is 25.1 Å². The first kappa shape index (κ1) is 16.7. The van der Waals surface area contributed by atoms with Crippen molar-refractivity contribution in [2.75, 3.05) is 13.2 Å². The second kappa shape index (κ2) is 6.75. The molecule has 1 amide bonds. The summed E-state index contributed by atoms with van der Waals surface area (Å²) in [5.74, 6) is -1.47. The van der Waals surface area contributed by atoms with Gasteiger partial charge in [-0.2, -0.15) is 0 Å². The summed E-state index contributed by atoms with van der Waals surface area (Å²) >= 11 is 1.05. The molecule has 0 aliphatic carbocycles. The van der Waals surface area contributed by atoms with Crippen LogP contribution in [0, 0.1) is 0 Å². The van der Waals surface area contributed by atoms with Gasteiger partial charge in [-0.3, -0.25) is 4.79 Å². The number of hydrogen-bond donors (Lipinski definition) is 2. The van der Waals surface area contributed by atoms with Gasteiger partial charge in [0.25, 0.3) is 5.91 Å². The maximum Gasteiger partial charge on any atom is 0.346 e. The molecule has 2 N–H and O–H groups in total. The van der Waals surface area contributed by atoms with Gasteiger partial charge in [0.1, 0.15) is 10.5 Å². The van der Waals surface area contributed by atoms with Gasteiger partial charge in [0.2, 0.25) is 0 Å². The van der Waals surface area contributed by atoms with Crippen LogP contribution in [-0.4, -0.2) is 30.1 Å². The summed E-state index contributed by atoms with van der Waals surface area (Å²) in [5.41, 5.74) is 1.97. The first-order chi connectivity index (χ1) is 11.6. The highest BCUT2D eigenvalue weighted by molar-refractivity contribution is 7.12. The zero-order valence-electron chi connectivity index (χ0n) is 13.4. The zero-order chi connectivity index (χ0) is 17.2. The lowest BCUT2D eigenvalue weighted by Crippen LogP contribution is -2.45. The molecule has 1 atom stereocenters. The number of ether oxygens (including phenoxy) is 1. The number of carbonyl (C=O) groups excluding carboxylic acids is 1. The van der Waals surface area contributed by atoms with Crippen LogP contribution in [0.5, 0.6) is 0 Å². The largest absolute Gasteiger partial charge is 0.477 e. The van der Waals surface area contributed by atoms with Crippen LogP contribution in [0.3, 0.4) is 0 Å². The minimum absolute atomic E-state index is 0.0583. The van der Waals surface area contributed by atoms with E-state index in [1.54, 1.807) is 5.38 Å². The minimum atomic E-state index is -1.08. The van der Waals surface area contributed by atoms with Crippen molar-refractivity contribution in [2.24, 2.45) is 0 Å². The van der Waals surface area contributed by atoms with Crippen molar-refractivity contribution in [3.05, 3.63) is 57.3 Å². The Balaban J connectivity index is 1.81. The normalized spacial score (nSPS) is 19.5. The van der Waals surface area contributed by atoms with Gasteiger partial charge >= 0.3 is 5.97 Å². The summed E-state index contributed by atoms with van der Waals surface area (Å²) in [4.78, 5) is 23.7. The molecule has 0 saturated carbocycles. The molecule has 0 radical (unpaired) electrons. The topological polar surface area (TPSA) is 75.6 Å². The number of aromatic carboxylic acids is 1. The lowest BCUT2D eigenvalue weighted by molar-refractivity contribution is -0.0606. The summed E-state index contributed by atoms with van der Waals surface area (Å²) in [5, 5.41) is 13.6. The highest BCUT2D eigenvalue weighted by Gasteiger charge is 2.36. The highest BCUT2D eigenvalue weighted by Crippen LogP contribution is 2.35. The van der Waals surface area contributed by atoms with Crippen LogP contribution in [0.25, 0.3) is 0 Å². The van der Waals surface area contributed by atoms with Gasteiger partial charge in [-0.05, 0) is 35.4 Å². The Hall–Kier alpha value is -2.18. The average molecular weight is 345 g/mol.